The Bertz CT molecular complexity index is 773. The maximum atomic E-state index is 11.1. The summed E-state index contributed by atoms with van der Waals surface area (Å²) in [5.41, 5.74) is 2.70. The summed E-state index contributed by atoms with van der Waals surface area (Å²) >= 11 is 0. The van der Waals surface area contributed by atoms with E-state index in [2.05, 4.69) is 81.1 Å². The highest BCUT2D eigenvalue weighted by Crippen LogP contribution is 2.10. The minimum Gasteiger partial charge on any atom is -0.356 e. The normalized spacial score (nSPS) is 11.1. The Balaban J connectivity index is 1.80. The number of nitrogens with one attached hydrogen (secondary N) is 2. The van der Waals surface area contributed by atoms with E-state index in [1.165, 1.54) is 11.1 Å². The number of amides is 2. The van der Waals surface area contributed by atoms with E-state index in [9.17, 15) is 9.59 Å². The summed E-state index contributed by atoms with van der Waals surface area (Å²) < 4.78 is 0. The number of carbonyl (C=O) groups excluding carboxylic acids is 2. The molecule has 0 aromatic heterocycles. The molecule has 0 aliphatic carbocycles. The molecule has 2 aromatic rings. The molecule has 2 aromatic carbocycles. The molecule has 0 spiro atoms. The lowest BCUT2D eigenvalue weighted by atomic mass is 10.1. The van der Waals surface area contributed by atoms with Gasteiger partial charge in [0.1, 0.15) is 0 Å². The molecular formula is C30H46N4O2. The standard InChI is InChI=1S/C30H46N4O2/c1-27(35)31-19-9-11-21-33(25-29-15-5-3-6-16-29)23-13-14-24-34(22-12-10-20-32-28(2)36)26-30-17-7-4-8-18-30/h3-8,15-18H,9-14,19-26H2,1-2H3,(H,31,35)(H,32,36). The molecule has 0 bridgehead atoms. The van der Waals surface area contributed by atoms with Crippen LogP contribution < -0.4 is 10.6 Å². The van der Waals surface area contributed by atoms with Gasteiger partial charge in [-0.1, -0.05) is 60.7 Å². The van der Waals surface area contributed by atoms with Gasteiger partial charge in [0.25, 0.3) is 0 Å². The van der Waals surface area contributed by atoms with Crippen LogP contribution in [0.25, 0.3) is 0 Å². The van der Waals surface area contributed by atoms with Crippen LogP contribution in [-0.2, 0) is 22.7 Å². The molecule has 2 N–H and O–H groups in total. The molecule has 0 heterocycles. The van der Waals surface area contributed by atoms with Gasteiger partial charge in [0, 0.05) is 40.0 Å². The number of hydrogen-bond donors (Lipinski definition) is 2. The van der Waals surface area contributed by atoms with E-state index in [0.717, 1.165) is 90.9 Å². The third kappa shape index (κ3) is 14.6. The second-order valence-corrected chi connectivity index (χ2v) is 9.61. The fraction of sp³-hybridized carbons (Fsp3) is 0.533. The quantitative estimate of drug-likeness (QED) is 0.280. The number of carbonyl (C=O) groups is 2. The van der Waals surface area contributed by atoms with Crippen molar-refractivity contribution in [2.75, 3.05) is 39.3 Å². The van der Waals surface area contributed by atoms with E-state index in [1.807, 2.05) is 0 Å². The van der Waals surface area contributed by atoms with Gasteiger partial charge >= 0.3 is 0 Å². The first kappa shape index (κ1) is 29.5. The summed E-state index contributed by atoms with van der Waals surface area (Å²) in [6, 6.07) is 21.4. The van der Waals surface area contributed by atoms with Crippen LogP contribution in [0.2, 0.25) is 0 Å². The average Bonchev–Trinajstić information content (AvgIpc) is 2.86. The molecule has 0 atom stereocenters. The Morgan fingerprint density at radius 1 is 0.556 bits per heavy atom. The maximum absolute atomic E-state index is 11.1. The SMILES string of the molecule is CC(=O)NCCCCN(CCCCN(CCCCNC(C)=O)Cc1ccccc1)Cc1ccccc1. The first-order chi connectivity index (χ1) is 17.5. The van der Waals surface area contributed by atoms with Crippen LogP contribution in [0.3, 0.4) is 0 Å². The van der Waals surface area contributed by atoms with E-state index in [0.29, 0.717) is 0 Å². The minimum atomic E-state index is 0.0475. The van der Waals surface area contributed by atoms with Crippen LogP contribution in [0.5, 0.6) is 0 Å². The number of benzene rings is 2. The number of nitrogens with zero attached hydrogens (tertiary/aromatic N) is 2. The Morgan fingerprint density at radius 2 is 0.889 bits per heavy atom. The second-order valence-electron chi connectivity index (χ2n) is 9.61. The molecule has 2 amide bonds. The predicted octanol–water partition coefficient (Wildman–Crippen LogP) is 4.60. The smallest absolute Gasteiger partial charge is 0.216 e. The van der Waals surface area contributed by atoms with Crippen LogP contribution in [0.15, 0.2) is 60.7 Å². The van der Waals surface area contributed by atoms with Crippen molar-refractivity contribution < 1.29 is 9.59 Å². The minimum absolute atomic E-state index is 0.0475. The summed E-state index contributed by atoms with van der Waals surface area (Å²) in [5, 5.41) is 5.80. The van der Waals surface area contributed by atoms with Crippen molar-refractivity contribution in [3.8, 4) is 0 Å². The zero-order valence-corrected chi connectivity index (χ0v) is 22.4. The largest absolute Gasteiger partial charge is 0.356 e. The van der Waals surface area contributed by atoms with Crippen molar-refractivity contribution in [3.63, 3.8) is 0 Å². The lowest BCUT2D eigenvalue weighted by Crippen LogP contribution is -2.29. The summed E-state index contributed by atoms with van der Waals surface area (Å²) in [6.45, 7) is 10.9. The topological polar surface area (TPSA) is 64.7 Å². The summed E-state index contributed by atoms with van der Waals surface area (Å²) in [6.07, 6.45) is 6.51. The van der Waals surface area contributed by atoms with Crippen LogP contribution >= 0.6 is 0 Å². The zero-order valence-electron chi connectivity index (χ0n) is 22.4. The van der Waals surface area contributed by atoms with Gasteiger partial charge in [0.05, 0.1) is 0 Å². The highest BCUT2D eigenvalue weighted by Gasteiger charge is 2.09. The predicted molar refractivity (Wildman–Crippen MR) is 149 cm³/mol. The molecule has 0 radical (unpaired) electrons. The van der Waals surface area contributed by atoms with Crippen LogP contribution in [0.1, 0.15) is 63.5 Å². The molecule has 0 saturated carbocycles. The lowest BCUT2D eigenvalue weighted by molar-refractivity contribution is -0.119. The van der Waals surface area contributed by atoms with Crippen LogP contribution in [-0.4, -0.2) is 60.9 Å². The number of rotatable bonds is 19. The van der Waals surface area contributed by atoms with Crippen molar-refractivity contribution in [3.05, 3.63) is 71.8 Å². The van der Waals surface area contributed by atoms with E-state index < -0.39 is 0 Å². The van der Waals surface area contributed by atoms with E-state index in [4.69, 9.17) is 0 Å². The van der Waals surface area contributed by atoms with Gasteiger partial charge in [-0.15, -0.1) is 0 Å². The Kier molecular flexibility index (Phi) is 15.2. The third-order valence-corrected chi connectivity index (χ3v) is 6.25. The molecular weight excluding hydrogens is 448 g/mol. The van der Waals surface area contributed by atoms with E-state index >= 15 is 0 Å². The Hall–Kier alpha value is -2.70. The molecule has 0 aliphatic rings. The van der Waals surface area contributed by atoms with Crippen molar-refractivity contribution in [1.82, 2.24) is 20.4 Å². The molecule has 6 nitrogen and oxygen atoms in total. The van der Waals surface area contributed by atoms with Gasteiger partial charge in [-0.25, -0.2) is 0 Å². The Morgan fingerprint density at radius 3 is 1.22 bits per heavy atom. The maximum Gasteiger partial charge on any atom is 0.216 e. The zero-order chi connectivity index (χ0) is 25.8. The molecule has 36 heavy (non-hydrogen) atoms. The lowest BCUT2D eigenvalue weighted by Gasteiger charge is -2.25. The van der Waals surface area contributed by atoms with Gasteiger partial charge in [-0.05, 0) is 75.8 Å². The molecule has 198 valence electrons. The fourth-order valence-corrected chi connectivity index (χ4v) is 4.34. The summed E-state index contributed by atoms with van der Waals surface area (Å²) in [5.74, 6) is 0.0950. The molecule has 0 saturated heterocycles. The Labute approximate surface area is 218 Å². The molecule has 0 fully saturated rings. The average molecular weight is 495 g/mol. The molecule has 2 rings (SSSR count). The third-order valence-electron chi connectivity index (χ3n) is 6.25. The molecule has 6 heteroatoms. The number of hydrogen-bond acceptors (Lipinski definition) is 4. The van der Waals surface area contributed by atoms with Gasteiger partial charge in [-0.3, -0.25) is 19.4 Å². The van der Waals surface area contributed by atoms with Gasteiger partial charge in [0.2, 0.25) is 11.8 Å². The highest BCUT2D eigenvalue weighted by atomic mass is 16.2. The van der Waals surface area contributed by atoms with Crippen LogP contribution in [0, 0.1) is 0 Å². The number of unbranched alkanes of at least 4 members (excludes halogenated alkanes) is 3. The first-order valence-electron chi connectivity index (χ1n) is 13.5. The van der Waals surface area contributed by atoms with E-state index in [1.54, 1.807) is 13.8 Å². The van der Waals surface area contributed by atoms with Crippen molar-refractivity contribution >= 4 is 11.8 Å². The molecule has 0 aliphatic heterocycles. The monoisotopic (exact) mass is 494 g/mol. The van der Waals surface area contributed by atoms with E-state index in [-0.39, 0.29) is 11.8 Å². The van der Waals surface area contributed by atoms with Crippen molar-refractivity contribution in [2.45, 2.75) is 65.5 Å². The van der Waals surface area contributed by atoms with Gasteiger partial charge in [-0.2, -0.15) is 0 Å². The second kappa shape index (κ2) is 18.6. The van der Waals surface area contributed by atoms with Crippen molar-refractivity contribution in [2.24, 2.45) is 0 Å². The molecule has 0 unspecified atom stereocenters. The summed E-state index contributed by atoms with van der Waals surface area (Å²) in [7, 11) is 0. The highest BCUT2D eigenvalue weighted by molar-refractivity contribution is 5.73. The fourth-order valence-electron chi connectivity index (χ4n) is 4.34. The van der Waals surface area contributed by atoms with Gasteiger partial charge in [0.15, 0.2) is 0 Å². The van der Waals surface area contributed by atoms with Crippen LogP contribution in [0.4, 0.5) is 0 Å². The summed E-state index contributed by atoms with van der Waals surface area (Å²) in [4.78, 5) is 27.3. The first-order valence-corrected chi connectivity index (χ1v) is 13.5. The van der Waals surface area contributed by atoms with Gasteiger partial charge < -0.3 is 10.6 Å². The van der Waals surface area contributed by atoms with Crippen molar-refractivity contribution in [1.29, 1.82) is 0 Å².